The molecule has 0 aromatic heterocycles. The standard InChI is InChI=1S/C25H18N2O5/c1-26-21-10-6-5-9-20(21)25(24(26)29)22(23(28)17-7-3-2-4-8-17)19(15-32-25)16-11-13-18(14-12-16)27(30)31/h2-14H,15H2,1H3. The molecule has 1 unspecified atom stereocenters. The lowest BCUT2D eigenvalue weighted by atomic mass is 9.80. The first kappa shape index (κ1) is 19.8. The third-order valence-corrected chi connectivity index (χ3v) is 6.03. The number of carbonyl (C=O) groups is 2. The van der Waals surface area contributed by atoms with Crippen LogP contribution in [0.2, 0.25) is 0 Å². The second kappa shape index (κ2) is 7.25. The highest BCUT2D eigenvalue weighted by Gasteiger charge is 2.59. The summed E-state index contributed by atoms with van der Waals surface area (Å²) in [5.41, 5.74) is 1.52. The average molecular weight is 426 g/mol. The Labute approximate surface area is 183 Å². The molecule has 2 aliphatic heterocycles. The van der Waals surface area contributed by atoms with E-state index in [4.69, 9.17) is 4.74 Å². The average Bonchev–Trinajstić information content (AvgIpc) is 3.33. The fourth-order valence-electron chi connectivity index (χ4n) is 4.49. The van der Waals surface area contributed by atoms with Crippen LogP contribution in [0.4, 0.5) is 11.4 Å². The Morgan fingerprint density at radius 2 is 1.66 bits per heavy atom. The van der Waals surface area contributed by atoms with Crippen molar-refractivity contribution in [2.24, 2.45) is 0 Å². The molecule has 0 N–H and O–H groups in total. The molecule has 7 nitrogen and oxygen atoms in total. The molecule has 0 radical (unpaired) electrons. The van der Waals surface area contributed by atoms with Crippen LogP contribution < -0.4 is 4.90 Å². The monoisotopic (exact) mass is 426 g/mol. The summed E-state index contributed by atoms with van der Waals surface area (Å²) in [6.07, 6.45) is 0. The van der Waals surface area contributed by atoms with E-state index >= 15 is 0 Å². The van der Waals surface area contributed by atoms with Crippen molar-refractivity contribution in [1.29, 1.82) is 0 Å². The van der Waals surface area contributed by atoms with E-state index in [0.717, 1.165) is 0 Å². The van der Waals surface area contributed by atoms with Gasteiger partial charge in [0.1, 0.15) is 0 Å². The zero-order valence-corrected chi connectivity index (χ0v) is 17.1. The van der Waals surface area contributed by atoms with Gasteiger partial charge in [0.15, 0.2) is 5.78 Å². The Kier molecular flexibility index (Phi) is 4.49. The van der Waals surface area contributed by atoms with Gasteiger partial charge in [-0.1, -0.05) is 48.5 Å². The van der Waals surface area contributed by atoms with Crippen LogP contribution in [0.3, 0.4) is 0 Å². The Bertz CT molecular complexity index is 1300. The molecule has 7 heteroatoms. The molecule has 0 saturated carbocycles. The highest BCUT2D eigenvalue weighted by Crippen LogP contribution is 2.53. The number of rotatable bonds is 4. The van der Waals surface area contributed by atoms with Crippen LogP contribution in [0, 0.1) is 10.1 Å². The number of hydrogen-bond donors (Lipinski definition) is 0. The third kappa shape index (κ3) is 2.72. The molecule has 5 rings (SSSR count). The van der Waals surface area contributed by atoms with Gasteiger partial charge in [-0.25, -0.2) is 0 Å². The number of ether oxygens (including phenoxy) is 1. The number of fused-ring (bicyclic) bond motifs is 2. The van der Waals surface area contributed by atoms with E-state index in [2.05, 4.69) is 0 Å². The van der Waals surface area contributed by atoms with Crippen LogP contribution in [-0.2, 0) is 15.1 Å². The number of ketones is 1. The summed E-state index contributed by atoms with van der Waals surface area (Å²) in [4.78, 5) is 39.5. The van der Waals surface area contributed by atoms with Gasteiger partial charge in [-0.05, 0) is 29.3 Å². The van der Waals surface area contributed by atoms with E-state index in [1.807, 2.05) is 24.3 Å². The first-order chi connectivity index (χ1) is 15.4. The van der Waals surface area contributed by atoms with Crippen molar-refractivity contribution in [2.75, 3.05) is 18.6 Å². The number of benzene rings is 3. The third-order valence-electron chi connectivity index (χ3n) is 6.03. The number of nitrogens with zero attached hydrogens (tertiary/aromatic N) is 2. The Balaban J connectivity index is 1.77. The van der Waals surface area contributed by atoms with Crippen LogP contribution in [0.15, 0.2) is 84.4 Å². The van der Waals surface area contributed by atoms with Gasteiger partial charge in [0, 0.05) is 30.3 Å². The van der Waals surface area contributed by atoms with E-state index in [1.54, 1.807) is 49.5 Å². The van der Waals surface area contributed by atoms with Crippen LogP contribution >= 0.6 is 0 Å². The number of hydrogen-bond acceptors (Lipinski definition) is 5. The summed E-state index contributed by atoms with van der Waals surface area (Å²) in [5, 5.41) is 11.1. The minimum atomic E-state index is -1.56. The molecular formula is C25H18N2O5. The van der Waals surface area contributed by atoms with E-state index < -0.39 is 10.5 Å². The lowest BCUT2D eigenvalue weighted by Crippen LogP contribution is -2.42. The maximum atomic E-state index is 13.8. The minimum Gasteiger partial charge on any atom is -0.351 e. The highest BCUT2D eigenvalue weighted by molar-refractivity contribution is 6.23. The van der Waals surface area contributed by atoms with Gasteiger partial charge in [0.2, 0.25) is 5.60 Å². The smallest absolute Gasteiger partial charge is 0.269 e. The molecule has 0 saturated heterocycles. The van der Waals surface area contributed by atoms with Gasteiger partial charge >= 0.3 is 0 Å². The van der Waals surface area contributed by atoms with Crippen molar-refractivity contribution in [3.8, 4) is 0 Å². The molecule has 158 valence electrons. The molecule has 1 atom stereocenters. The summed E-state index contributed by atoms with van der Waals surface area (Å²) in [6, 6.07) is 21.9. The zero-order valence-electron chi connectivity index (χ0n) is 17.1. The van der Waals surface area contributed by atoms with Gasteiger partial charge in [-0.2, -0.15) is 0 Å². The predicted molar refractivity (Wildman–Crippen MR) is 118 cm³/mol. The summed E-state index contributed by atoms with van der Waals surface area (Å²) < 4.78 is 6.19. The molecule has 1 amide bonds. The lowest BCUT2D eigenvalue weighted by molar-refractivity contribution is -0.384. The molecule has 32 heavy (non-hydrogen) atoms. The summed E-state index contributed by atoms with van der Waals surface area (Å²) in [7, 11) is 1.66. The largest absolute Gasteiger partial charge is 0.351 e. The highest BCUT2D eigenvalue weighted by atomic mass is 16.6. The second-order valence-electron chi connectivity index (χ2n) is 7.70. The number of amides is 1. The van der Waals surface area contributed by atoms with Crippen molar-refractivity contribution >= 4 is 28.6 Å². The van der Waals surface area contributed by atoms with Gasteiger partial charge in [0.05, 0.1) is 22.8 Å². The minimum absolute atomic E-state index is 0.0274. The van der Waals surface area contributed by atoms with Crippen molar-refractivity contribution in [2.45, 2.75) is 5.60 Å². The molecular weight excluding hydrogens is 408 g/mol. The van der Waals surface area contributed by atoms with Gasteiger partial charge < -0.3 is 9.64 Å². The fraction of sp³-hybridized carbons (Fsp3) is 0.120. The number of likely N-dealkylation sites (N-methyl/N-ethyl adjacent to an activating group) is 1. The Morgan fingerprint density at radius 3 is 2.34 bits per heavy atom. The maximum absolute atomic E-state index is 13.8. The molecule has 3 aromatic rings. The van der Waals surface area contributed by atoms with Gasteiger partial charge in [-0.3, -0.25) is 19.7 Å². The first-order valence-electron chi connectivity index (χ1n) is 10.0. The van der Waals surface area contributed by atoms with Crippen molar-refractivity contribution in [3.63, 3.8) is 0 Å². The second-order valence-corrected chi connectivity index (χ2v) is 7.70. The number of anilines is 1. The van der Waals surface area contributed by atoms with Crippen molar-refractivity contribution in [1.82, 2.24) is 0 Å². The SMILES string of the molecule is CN1C(=O)C2(OCC(c3ccc([N+](=O)[O-])cc3)=C2C(=O)c2ccccc2)c2ccccc21. The molecule has 1 spiro atoms. The molecule has 3 aromatic carbocycles. The molecule has 2 aliphatic rings. The van der Waals surface area contributed by atoms with E-state index in [9.17, 15) is 19.7 Å². The number of non-ortho nitro benzene ring substituents is 1. The van der Waals surface area contributed by atoms with E-state index in [0.29, 0.717) is 28.0 Å². The maximum Gasteiger partial charge on any atom is 0.269 e. The Morgan fingerprint density at radius 1 is 1.00 bits per heavy atom. The number of nitro benzene ring substituents is 1. The van der Waals surface area contributed by atoms with Crippen LogP contribution in [0.5, 0.6) is 0 Å². The van der Waals surface area contributed by atoms with Gasteiger partial charge in [-0.15, -0.1) is 0 Å². The number of para-hydroxylation sites is 1. The van der Waals surface area contributed by atoms with Crippen LogP contribution in [0.25, 0.3) is 5.57 Å². The summed E-state index contributed by atoms with van der Waals surface area (Å²) in [6.45, 7) is 0.0274. The first-order valence-corrected chi connectivity index (χ1v) is 10.0. The quantitative estimate of drug-likeness (QED) is 0.355. The number of Topliss-reactive ketones (excluding diaryl/α,β-unsaturated/α-hetero) is 1. The molecule has 0 aliphatic carbocycles. The summed E-state index contributed by atoms with van der Waals surface area (Å²) in [5.74, 6) is -0.648. The van der Waals surface area contributed by atoms with Crippen molar-refractivity contribution in [3.05, 3.63) is 111 Å². The number of nitro groups is 1. The fourth-order valence-corrected chi connectivity index (χ4v) is 4.49. The van der Waals surface area contributed by atoms with E-state index in [-0.39, 0.29) is 29.6 Å². The topological polar surface area (TPSA) is 89.8 Å². The Hall–Kier alpha value is -4.10. The van der Waals surface area contributed by atoms with Crippen LogP contribution in [0.1, 0.15) is 21.5 Å². The lowest BCUT2D eigenvalue weighted by Gasteiger charge is -2.25. The zero-order chi connectivity index (χ0) is 22.5. The molecule has 2 heterocycles. The molecule has 0 fully saturated rings. The summed E-state index contributed by atoms with van der Waals surface area (Å²) >= 11 is 0. The van der Waals surface area contributed by atoms with Gasteiger partial charge in [0.25, 0.3) is 11.6 Å². The number of carbonyl (C=O) groups excluding carboxylic acids is 2. The molecule has 0 bridgehead atoms. The normalized spacial score (nSPS) is 19.5. The predicted octanol–water partition coefficient (Wildman–Crippen LogP) is 4.13. The van der Waals surface area contributed by atoms with Crippen molar-refractivity contribution < 1.29 is 19.2 Å². The van der Waals surface area contributed by atoms with E-state index in [1.165, 1.54) is 17.0 Å². The van der Waals surface area contributed by atoms with Crippen LogP contribution in [-0.4, -0.2) is 30.3 Å².